The highest BCUT2D eigenvalue weighted by atomic mass is 32.1. The van der Waals surface area contributed by atoms with Gasteiger partial charge in [-0.15, -0.1) is 11.3 Å². The van der Waals surface area contributed by atoms with E-state index in [0.29, 0.717) is 36.8 Å². The minimum Gasteiger partial charge on any atom is -0.398 e. The van der Waals surface area contributed by atoms with Gasteiger partial charge in [0.15, 0.2) is 11.6 Å². The highest BCUT2D eigenvalue weighted by Gasteiger charge is 2.21. The van der Waals surface area contributed by atoms with Crippen molar-refractivity contribution in [3.8, 4) is 11.4 Å². The molecule has 9 nitrogen and oxygen atoms in total. The average Bonchev–Trinajstić information content (AvgIpc) is 3.43. The van der Waals surface area contributed by atoms with Crippen molar-refractivity contribution in [2.75, 3.05) is 36.9 Å². The van der Waals surface area contributed by atoms with Crippen LogP contribution in [-0.2, 0) is 11.3 Å². The predicted octanol–water partition coefficient (Wildman–Crippen LogP) is 2.41. The van der Waals surface area contributed by atoms with Crippen LogP contribution in [0.2, 0.25) is 0 Å². The average molecular weight is 421 g/mol. The third kappa shape index (κ3) is 3.40. The van der Waals surface area contributed by atoms with Gasteiger partial charge in [0.25, 0.3) is 0 Å². The number of hydrogen-bond donors (Lipinski definition) is 2. The maximum atomic E-state index is 7.80. The van der Waals surface area contributed by atoms with E-state index >= 15 is 0 Å². The summed E-state index contributed by atoms with van der Waals surface area (Å²) in [6.45, 7) is 3.51. The molecule has 0 amide bonds. The fraction of sp³-hybridized carbons (Fsp3) is 0.250. The third-order valence-corrected chi connectivity index (χ3v) is 6.13. The van der Waals surface area contributed by atoms with Crippen LogP contribution in [0.15, 0.2) is 36.9 Å². The fourth-order valence-electron chi connectivity index (χ4n) is 3.57. The second-order valence-electron chi connectivity index (χ2n) is 6.94. The SMILES string of the molecule is N=Cc1c(N)cccc1-c1nc(N2CCOCC2)c2sc(Cn3cncn3)cc2n1. The molecule has 3 aromatic heterocycles. The van der Waals surface area contributed by atoms with Gasteiger partial charge in [-0.1, -0.05) is 12.1 Å². The molecule has 5 rings (SSSR count). The summed E-state index contributed by atoms with van der Waals surface area (Å²) >= 11 is 1.67. The van der Waals surface area contributed by atoms with Crippen molar-refractivity contribution in [2.45, 2.75) is 6.54 Å². The van der Waals surface area contributed by atoms with Crippen LogP contribution in [0.25, 0.3) is 21.6 Å². The Morgan fingerprint density at radius 1 is 1.23 bits per heavy atom. The summed E-state index contributed by atoms with van der Waals surface area (Å²) in [5.74, 6) is 1.46. The lowest BCUT2D eigenvalue weighted by Crippen LogP contribution is -2.36. The molecule has 3 N–H and O–H groups in total. The molecule has 0 spiro atoms. The molecule has 0 aliphatic carbocycles. The second kappa shape index (κ2) is 7.81. The number of nitrogens with zero attached hydrogens (tertiary/aromatic N) is 6. The minimum absolute atomic E-state index is 0.538. The molecule has 0 atom stereocenters. The number of morpholine rings is 1. The van der Waals surface area contributed by atoms with Crippen molar-refractivity contribution in [1.82, 2.24) is 24.7 Å². The Labute approximate surface area is 176 Å². The van der Waals surface area contributed by atoms with Crippen LogP contribution in [0.4, 0.5) is 11.5 Å². The van der Waals surface area contributed by atoms with E-state index in [1.54, 1.807) is 28.4 Å². The molecule has 0 unspecified atom stereocenters. The third-order valence-electron chi connectivity index (χ3n) is 5.02. The van der Waals surface area contributed by atoms with Crippen LogP contribution in [0.3, 0.4) is 0 Å². The molecule has 1 aromatic carbocycles. The second-order valence-corrected chi connectivity index (χ2v) is 8.08. The van der Waals surface area contributed by atoms with Gasteiger partial charge < -0.3 is 20.8 Å². The fourth-order valence-corrected chi connectivity index (χ4v) is 4.67. The standard InChI is InChI=1S/C20H20N8OS/c21-9-15-14(2-1-3-16(15)22)19-25-17-8-13(10-28-12-23-11-24-28)30-18(17)20(26-19)27-4-6-29-7-5-27/h1-3,8-9,11-12,21H,4-7,10,22H2. The number of nitrogen functional groups attached to an aromatic ring is 1. The summed E-state index contributed by atoms with van der Waals surface area (Å²) in [5.41, 5.74) is 8.89. The molecule has 1 aliphatic rings. The first kappa shape index (κ1) is 18.6. The van der Waals surface area contributed by atoms with E-state index in [1.165, 1.54) is 12.5 Å². The Bertz CT molecular complexity index is 1200. The zero-order chi connectivity index (χ0) is 20.5. The lowest BCUT2D eigenvalue weighted by atomic mass is 10.1. The number of aromatic nitrogens is 5. The zero-order valence-corrected chi connectivity index (χ0v) is 17.0. The quantitative estimate of drug-likeness (QED) is 0.376. The molecule has 30 heavy (non-hydrogen) atoms. The van der Waals surface area contributed by atoms with Gasteiger partial charge >= 0.3 is 0 Å². The van der Waals surface area contributed by atoms with E-state index in [-0.39, 0.29) is 0 Å². The maximum Gasteiger partial charge on any atom is 0.162 e. The van der Waals surface area contributed by atoms with Gasteiger partial charge in [-0.05, 0) is 12.1 Å². The van der Waals surface area contributed by atoms with E-state index in [2.05, 4.69) is 21.0 Å². The normalized spacial score (nSPS) is 14.3. The van der Waals surface area contributed by atoms with Crippen LogP contribution in [-0.4, -0.2) is 57.3 Å². The van der Waals surface area contributed by atoms with Crippen LogP contribution < -0.4 is 10.6 Å². The topological polar surface area (TPSA) is 119 Å². The Kier molecular flexibility index (Phi) is 4.85. The van der Waals surface area contributed by atoms with Crippen molar-refractivity contribution < 1.29 is 4.74 Å². The first-order valence-electron chi connectivity index (χ1n) is 9.58. The van der Waals surface area contributed by atoms with Crippen LogP contribution in [0.5, 0.6) is 0 Å². The zero-order valence-electron chi connectivity index (χ0n) is 16.2. The van der Waals surface area contributed by atoms with E-state index in [1.807, 2.05) is 12.1 Å². The molecule has 0 radical (unpaired) electrons. The number of fused-ring (bicyclic) bond motifs is 1. The molecule has 4 aromatic rings. The Morgan fingerprint density at radius 2 is 2.10 bits per heavy atom. The molecule has 0 bridgehead atoms. The Hall–Kier alpha value is -3.37. The summed E-state index contributed by atoms with van der Waals surface area (Å²) in [6, 6.07) is 7.63. The molecule has 10 heteroatoms. The molecule has 4 heterocycles. The van der Waals surface area contributed by atoms with Crippen molar-refractivity contribution in [3.05, 3.63) is 47.4 Å². The van der Waals surface area contributed by atoms with E-state index in [0.717, 1.165) is 39.6 Å². The van der Waals surface area contributed by atoms with E-state index in [9.17, 15) is 0 Å². The predicted molar refractivity (Wildman–Crippen MR) is 117 cm³/mol. The van der Waals surface area contributed by atoms with E-state index in [4.69, 9.17) is 25.8 Å². The van der Waals surface area contributed by atoms with Crippen LogP contribution in [0.1, 0.15) is 10.4 Å². The highest BCUT2D eigenvalue weighted by Crippen LogP contribution is 2.35. The smallest absolute Gasteiger partial charge is 0.162 e. The lowest BCUT2D eigenvalue weighted by Gasteiger charge is -2.28. The first-order valence-corrected chi connectivity index (χ1v) is 10.4. The summed E-state index contributed by atoms with van der Waals surface area (Å²) in [7, 11) is 0. The summed E-state index contributed by atoms with van der Waals surface area (Å²) in [6.07, 6.45) is 4.49. The molecule has 1 aliphatic heterocycles. The summed E-state index contributed by atoms with van der Waals surface area (Å²) in [5, 5.41) is 12.0. The highest BCUT2D eigenvalue weighted by molar-refractivity contribution is 7.19. The molecule has 1 saturated heterocycles. The van der Waals surface area contributed by atoms with Gasteiger partial charge in [-0.3, -0.25) is 0 Å². The van der Waals surface area contributed by atoms with Crippen molar-refractivity contribution in [3.63, 3.8) is 0 Å². The number of hydrogen-bond acceptors (Lipinski definition) is 9. The van der Waals surface area contributed by atoms with Gasteiger partial charge in [0.05, 0.1) is 30.0 Å². The number of nitrogens with two attached hydrogens (primary N) is 1. The number of anilines is 2. The van der Waals surface area contributed by atoms with Gasteiger partial charge in [0.2, 0.25) is 0 Å². The molecule has 0 saturated carbocycles. The van der Waals surface area contributed by atoms with Crippen LogP contribution >= 0.6 is 11.3 Å². The molecule has 152 valence electrons. The number of nitrogens with one attached hydrogen (secondary N) is 1. The van der Waals surface area contributed by atoms with Gasteiger partial charge in [0.1, 0.15) is 12.7 Å². The van der Waals surface area contributed by atoms with Crippen LogP contribution in [0, 0.1) is 5.41 Å². The van der Waals surface area contributed by atoms with Gasteiger partial charge in [-0.25, -0.2) is 19.6 Å². The largest absolute Gasteiger partial charge is 0.398 e. The monoisotopic (exact) mass is 420 g/mol. The Balaban J connectivity index is 1.67. The molecular formula is C20H20N8OS. The van der Waals surface area contributed by atoms with Crippen molar-refractivity contribution >= 4 is 39.3 Å². The molecular weight excluding hydrogens is 400 g/mol. The number of thiophene rings is 1. The number of ether oxygens (including phenoxy) is 1. The minimum atomic E-state index is 0.538. The first-order chi connectivity index (χ1) is 14.7. The van der Waals surface area contributed by atoms with Crippen molar-refractivity contribution in [2.24, 2.45) is 0 Å². The summed E-state index contributed by atoms with van der Waals surface area (Å²) < 4.78 is 8.36. The molecule has 1 fully saturated rings. The van der Waals surface area contributed by atoms with Crippen molar-refractivity contribution in [1.29, 1.82) is 5.41 Å². The maximum absolute atomic E-state index is 7.80. The van der Waals surface area contributed by atoms with E-state index < -0.39 is 0 Å². The number of benzene rings is 1. The Morgan fingerprint density at radius 3 is 2.87 bits per heavy atom. The van der Waals surface area contributed by atoms with Gasteiger partial charge in [0, 0.05) is 41.0 Å². The number of rotatable bonds is 5. The van der Waals surface area contributed by atoms with Gasteiger partial charge in [-0.2, -0.15) is 5.10 Å². The lowest BCUT2D eigenvalue weighted by molar-refractivity contribution is 0.122. The summed E-state index contributed by atoms with van der Waals surface area (Å²) in [4.78, 5) is 17.1.